The number of rotatable bonds is 7. The zero-order valence-corrected chi connectivity index (χ0v) is 34.7. The number of hydrogen-bond acceptors (Lipinski definition) is 2. The number of fused-ring (bicyclic) bond motifs is 7. The van der Waals surface area contributed by atoms with Gasteiger partial charge in [-0.15, -0.1) is 11.3 Å². The number of nitrogens with zero attached hydrogens (tertiary/aromatic N) is 1. The lowest BCUT2D eigenvalue weighted by molar-refractivity contribution is 1.28. The first-order valence-corrected chi connectivity index (χ1v) is 22.1. The van der Waals surface area contributed by atoms with E-state index in [4.69, 9.17) is 0 Å². The summed E-state index contributed by atoms with van der Waals surface area (Å²) >= 11 is 1.86. The minimum absolute atomic E-state index is 1.09. The van der Waals surface area contributed by atoms with Crippen LogP contribution < -0.4 is 4.90 Å². The molecule has 12 aromatic rings. The fourth-order valence-electron chi connectivity index (χ4n) is 9.53. The topological polar surface area (TPSA) is 3.24 Å². The van der Waals surface area contributed by atoms with Gasteiger partial charge in [0.2, 0.25) is 0 Å². The van der Waals surface area contributed by atoms with Crippen molar-refractivity contribution in [1.29, 1.82) is 0 Å². The molecule has 0 saturated heterocycles. The summed E-state index contributed by atoms with van der Waals surface area (Å²) in [6.45, 7) is 0. The molecule has 0 bridgehead atoms. The van der Waals surface area contributed by atoms with Crippen LogP contribution in [0.5, 0.6) is 0 Å². The molecule has 0 aliphatic heterocycles. The van der Waals surface area contributed by atoms with Gasteiger partial charge in [0.1, 0.15) is 0 Å². The van der Waals surface area contributed by atoms with Crippen molar-refractivity contribution in [3.63, 3.8) is 0 Å². The lowest BCUT2D eigenvalue weighted by atomic mass is 9.87. The highest BCUT2D eigenvalue weighted by Gasteiger charge is 2.23. The van der Waals surface area contributed by atoms with Crippen molar-refractivity contribution in [1.82, 2.24) is 0 Å². The molecule has 0 amide bonds. The first kappa shape index (κ1) is 36.1. The highest BCUT2D eigenvalue weighted by Crippen LogP contribution is 2.49. The van der Waals surface area contributed by atoms with Crippen molar-refractivity contribution in [2.24, 2.45) is 0 Å². The highest BCUT2D eigenvalue weighted by molar-refractivity contribution is 7.25. The lowest BCUT2D eigenvalue weighted by Crippen LogP contribution is -2.12. The van der Waals surface area contributed by atoms with Gasteiger partial charge >= 0.3 is 0 Å². The Hall–Kier alpha value is -7.78. The van der Waals surface area contributed by atoms with E-state index in [1.54, 1.807) is 0 Å². The van der Waals surface area contributed by atoms with Gasteiger partial charge in [-0.2, -0.15) is 0 Å². The Kier molecular flexibility index (Phi) is 8.76. The number of anilines is 3. The van der Waals surface area contributed by atoms with Gasteiger partial charge in [0.15, 0.2) is 0 Å². The second-order valence-electron chi connectivity index (χ2n) is 16.0. The molecule has 0 radical (unpaired) electrons. The zero-order valence-electron chi connectivity index (χ0n) is 33.9. The molecule has 1 heterocycles. The van der Waals surface area contributed by atoms with Crippen molar-refractivity contribution in [2.75, 3.05) is 4.90 Å². The van der Waals surface area contributed by atoms with E-state index in [-0.39, 0.29) is 0 Å². The standard InChI is InChI=1S/C60H39NS/c1-2-14-40(15-3-1)41-28-33-46(34-29-41)61(47-35-30-43(31-36-47)49-24-12-18-42-16-4-6-19-48(42)49)57-26-13-25-51(45-32-37-59-55(38-45)54-23-10-11-27-58(54)62-59)60(57)56-39-44-17-5-7-20-50(44)52-21-8-9-22-53(52)56/h1-39H. The van der Waals surface area contributed by atoms with Gasteiger partial charge in [-0.1, -0.05) is 182 Å². The SMILES string of the molecule is c1ccc(-c2ccc(N(c3ccc(-c4cccc5ccccc45)cc3)c3cccc(-c4ccc5sc6ccccc6c5c4)c3-c3cc4ccccc4c4ccccc34)cc2)cc1. The van der Waals surface area contributed by atoms with Gasteiger partial charge in [0, 0.05) is 37.1 Å². The van der Waals surface area contributed by atoms with Crippen LogP contribution in [0.3, 0.4) is 0 Å². The molecule has 290 valence electrons. The molecule has 1 nitrogen and oxygen atoms in total. The molecule has 0 aliphatic carbocycles. The maximum atomic E-state index is 2.46. The van der Waals surface area contributed by atoms with Gasteiger partial charge < -0.3 is 4.90 Å². The van der Waals surface area contributed by atoms with Crippen molar-refractivity contribution in [3.8, 4) is 44.5 Å². The van der Waals surface area contributed by atoms with E-state index in [0.29, 0.717) is 0 Å². The third-order valence-corrected chi connectivity index (χ3v) is 13.6. The van der Waals surface area contributed by atoms with Gasteiger partial charge in [-0.05, 0) is 126 Å². The molecule has 0 fully saturated rings. The molecular formula is C60H39NS. The first-order chi connectivity index (χ1) is 30.7. The molecule has 0 saturated carbocycles. The third kappa shape index (κ3) is 6.15. The van der Waals surface area contributed by atoms with E-state index >= 15 is 0 Å². The average Bonchev–Trinajstić information content (AvgIpc) is 3.72. The molecule has 0 spiro atoms. The fourth-order valence-corrected chi connectivity index (χ4v) is 10.6. The number of hydrogen-bond donors (Lipinski definition) is 0. The maximum Gasteiger partial charge on any atom is 0.0546 e. The Bertz CT molecular complexity index is 3610. The molecule has 0 atom stereocenters. The van der Waals surface area contributed by atoms with Crippen molar-refractivity contribution >= 4 is 80.9 Å². The van der Waals surface area contributed by atoms with Crippen molar-refractivity contribution in [3.05, 3.63) is 237 Å². The Labute approximate surface area is 365 Å². The normalized spacial score (nSPS) is 11.5. The molecule has 2 heteroatoms. The smallest absolute Gasteiger partial charge is 0.0546 e. The second-order valence-corrected chi connectivity index (χ2v) is 17.1. The molecular weight excluding hydrogens is 767 g/mol. The first-order valence-electron chi connectivity index (χ1n) is 21.2. The van der Waals surface area contributed by atoms with Gasteiger partial charge in [-0.25, -0.2) is 0 Å². The monoisotopic (exact) mass is 805 g/mol. The quantitative estimate of drug-likeness (QED) is 0.145. The molecule has 0 N–H and O–H groups in total. The van der Waals surface area contributed by atoms with Crippen LogP contribution in [-0.4, -0.2) is 0 Å². The van der Waals surface area contributed by atoms with Crippen LogP contribution in [0.2, 0.25) is 0 Å². The Morgan fingerprint density at radius 3 is 1.61 bits per heavy atom. The molecule has 0 aliphatic rings. The summed E-state index contributed by atoms with van der Waals surface area (Å²) < 4.78 is 2.61. The van der Waals surface area contributed by atoms with E-state index in [9.17, 15) is 0 Å². The third-order valence-electron chi connectivity index (χ3n) is 12.5. The van der Waals surface area contributed by atoms with Crippen molar-refractivity contribution in [2.45, 2.75) is 0 Å². The highest BCUT2D eigenvalue weighted by atomic mass is 32.1. The summed E-state index contributed by atoms with van der Waals surface area (Å²) in [5.74, 6) is 0. The summed E-state index contributed by atoms with van der Waals surface area (Å²) in [5.41, 5.74) is 12.9. The molecule has 0 unspecified atom stereocenters. The van der Waals surface area contributed by atoms with E-state index in [1.807, 2.05) is 11.3 Å². The summed E-state index contributed by atoms with van der Waals surface area (Å²) in [6.07, 6.45) is 0. The zero-order chi connectivity index (χ0) is 41.0. The van der Waals surface area contributed by atoms with Gasteiger partial charge in [-0.3, -0.25) is 0 Å². The summed E-state index contributed by atoms with van der Waals surface area (Å²) in [7, 11) is 0. The largest absolute Gasteiger partial charge is 0.310 e. The minimum Gasteiger partial charge on any atom is -0.310 e. The van der Waals surface area contributed by atoms with E-state index in [2.05, 4.69) is 241 Å². The van der Waals surface area contributed by atoms with E-state index < -0.39 is 0 Å². The fraction of sp³-hybridized carbons (Fsp3) is 0. The van der Waals surface area contributed by atoms with Gasteiger partial charge in [0.25, 0.3) is 0 Å². The van der Waals surface area contributed by atoms with Crippen LogP contribution in [0.15, 0.2) is 237 Å². The average molecular weight is 806 g/mol. The summed E-state index contributed by atoms with van der Waals surface area (Å²) in [6, 6.07) is 87.0. The maximum absolute atomic E-state index is 2.46. The minimum atomic E-state index is 1.09. The van der Waals surface area contributed by atoms with Crippen molar-refractivity contribution < 1.29 is 0 Å². The Balaban J connectivity index is 1.13. The second kappa shape index (κ2) is 15.0. The Morgan fingerprint density at radius 2 is 0.823 bits per heavy atom. The molecule has 62 heavy (non-hydrogen) atoms. The number of benzene rings is 11. The predicted octanol–water partition coefficient (Wildman–Crippen LogP) is 17.7. The van der Waals surface area contributed by atoms with Crippen LogP contribution in [0, 0.1) is 0 Å². The Morgan fingerprint density at radius 1 is 0.274 bits per heavy atom. The van der Waals surface area contributed by atoms with Crippen LogP contribution in [0.4, 0.5) is 17.1 Å². The predicted molar refractivity (Wildman–Crippen MR) is 268 cm³/mol. The molecule has 1 aromatic heterocycles. The van der Waals surface area contributed by atoms with Crippen LogP contribution in [0.25, 0.3) is 97.0 Å². The van der Waals surface area contributed by atoms with E-state index in [1.165, 1.54) is 97.0 Å². The molecule has 11 aromatic carbocycles. The van der Waals surface area contributed by atoms with Crippen LogP contribution >= 0.6 is 11.3 Å². The lowest BCUT2D eigenvalue weighted by Gasteiger charge is -2.30. The van der Waals surface area contributed by atoms with Crippen LogP contribution in [0.1, 0.15) is 0 Å². The summed E-state index contributed by atoms with van der Waals surface area (Å²) in [5, 5.41) is 10.0. The summed E-state index contributed by atoms with van der Waals surface area (Å²) in [4.78, 5) is 2.46. The van der Waals surface area contributed by atoms with E-state index in [0.717, 1.165) is 17.1 Å². The molecule has 12 rings (SSSR count). The van der Waals surface area contributed by atoms with Gasteiger partial charge in [0.05, 0.1) is 5.69 Å². The van der Waals surface area contributed by atoms with Crippen LogP contribution in [-0.2, 0) is 0 Å². The number of thiophene rings is 1.